The number of piperazine rings is 1. The lowest BCUT2D eigenvalue weighted by atomic mass is 10.0. The van der Waals surface area contributed by atoms with Crippen LogP contribution in [0.2, 0.25) is 0 Å². The van der Waals surface area contributed by atoms with Gasteiger partial charge in [0, 0.05) is 37.3 Å². The molecule has 2 heterocycles. The highest BCUT2D eigenvalue weighted by Crippen LogP contribution is 2.15. The van der Waals surface area contributed by atoms with Gasteiger partial charge in [-0.05, 0) is 13.8 Å². The summed E-state index contributed by atoms with van der Waals surface area (Å²) in [5, 5.41) is 7.90. The van der Waals surface area contributed by atoms with Crippen molar-refractivity contribution in [3.05, 3.63) is 20.7 Å². The van der Waals surface area contributed by atoms with E-state index in [0.717, 1.165) is 43.2 Å². The Kier molecular flexibility index (Phi) is 4.38. The molecule has 6 nitrogen and oxygen atoms in total. The van der Waals surface area contributed by atoms with E-state index >= 15 is 0 Å². The molecule has 0 aromatic carbocycles. The summed E-state index contributed by atoms with van der Waals surface area (Å²) in [4.78, 5) is 28.1. The number of thiazole rings is 1. The predicted octanol–water partition coefficient (Wildman–Crippen LogP) is -0.264. The second kappa shape index (κ2) is 5.85. The van der Waals surface area contributed by atoms with E-state index in [0.29, 0.717) is 6.54 Å². The molecule has 1 fully saturated rings. The number of nitrogens with zero attached hydrogens (tertiary/aromatic N) is 1. The van der Waals surface area contributed by atoms with Crippen molar-refractivity contribution in [2.24, 2.45) is 0 Å². The standard InChI is InChI=1S/C12H20N4O2S/c1-12(2,16-5-3-13-4-6-16)10(17)14-7-9-8-19-11(18)15-9/h8,13H,3-7H2,1-2H3,(H,14,17)(H,15,18). The number of H-pyrrole nitrogens is 1. The number of aromatic amines is 1. The zero-order chi connectivity index (χ0) is 13.9. The topological polar surface area (TPSA) is 77.2 Å². The highest BCUT2D eigenvalue weighted by molar-refractivity contribution is 7.07. The summed E-state index contributed by atoms with van der Waals surface area (Å²) in [5.74, 6) is -0.0125. The Morgan fingerprint density at radius 1 is 1.47 bits per heavy atom. The lowest BCUT2D eigenvalue weighted by Gasteiger charge is -2.39. The van der Waals surface area contributed by atoms with Gasteiger partial charge in [-0.3, -0.25) is 14.5 Å². The fraction of sp³-hybridized carbons (Fsp3) is 0.667. The molecule has 0 saturated carbocycles. The minimum atomic E-state index is -0.529. The van der Waals surface area contributed by atoms with Gasteiger partial charge >= 0.3 is 4.87 Å². The van der Waals surface area contributed by atoms with Crippen LogP contribution in [0, 0.1) is 0 Å². The molecule has 0 bridgehead atoms. The van der Waals surface area contributed by atoms with Gasteiger partial charge in [-0.2, -0.15) is 0 Å². The quantitative estimate of drug-likeness (QED) is 0.712. The summed E-state index contributed by atoms with van der Waals surface area (Å²) >= 11 is 1.11. The van der Waals surface area contributed by atoms with Gasteiger partial charge in [0.05, 0.1) is 12.1 Å². The van der Waals surface area contributed by atoms with E-state index in [-0.39, 0.29) is 10.8 Å². The molecule has 0 radical (unpaired) electrons. The van der Waals surface area contributed by atoms with Crippen molar-refractivity contribution >= 4 is 17.2 Å². The molecular formula is C12H20N4O2S. The first kappa shape index (κ1) is 14.2. The van der Waals surface area contributed by atoms with Crippen LogP contribution in [0.25, 0.3) is 0 Å². The first-order valence-corrected chi connectivity index (χ1v) is 7.29. The van der Waals surface area contributed by atoms with Crippen LogP contribution in [-0.2, 0) is 11.3 Å². The number of nitrogens with one attached hydrogen (secondary N) is 3. The van der Waals surface area contributed by atoms with Gasteiger partial charge in [-0.1, -0.05) is 11.3 Å². The molecule has 3 N–H and O–H groups in total. The maximum absolute atomic E-state index is 12.3. The third kappa shape index (κ3) is 3.43. The monoisotopic (exact) mass is 284 g/mol. The minimum absolute atomic E-state index is 0.0125. The van der Waals surface area contributed by atoms with Gasteiger partial charge in [-0.15, -0.1) is 0 Å². The van der Waals surface area contributed by atoms with Gasteiger partial charge < -0.3 is 15.6 Å². The predicted molar refractivity (Wildman–Crippen MR) is 75.3 cm³/mol. The van der Waals surface area contributed by atoms with Gasteiger partial charge in [0.25, 0.3) is 0 Å². The van der Waals surface area contributed by atoms with Crippen molar-refractivity contribution in [3.63, 3.8) is 0 Å². The first-order chi connectivity index (χ1) is 9.00. The number of rotatable bonds is 4. The Bertz CT molecular complexity index is 488. The largest absolute Gasteiger partial charge is 0.349 e. The van der Waals surface area contributed by atoms with Crippen molar-refractivity contribution in [1.82, 2.24) is 20.5 Å². The van der Waals surface area contributed by atoms with Crippen LogP contribution >= 0.6 is 11.3 Å². The Balaban J connectivity index is 1.92. The molecule has 0 aliphatic carbocycles. The molecule has 1 aliphatic heterocycles. The van der Waals surface area contributed by atoms with Crippen LogP contribution in [0.4, 0.5) is 0 Å². The van der Waals surface area contributed by atoms with Gasteiger partial charge in [0.2, 0.25) is 5.91 Å². The summed E-state index contributed by atoms with van der Waals surface area (Å²) < 4.78 is 0. The summed E-state index contributed by atoms with van der Waals surface area (Å²) in [6, 6.07) is 0. The third-order valence-corrected chi connectivity index (χ3v) is 4.19. The molecule has 1 aliphatic rings. The number of hydrogen-bond acceptors (Lipinski definition) is 5. The second-order valence-electron chi connectivity index (χ2n) is 5.15. The summed E-state index contributed by atoms with van der Waals surface area (Å²) in [7, 11) is 0. The van der Waals surface area contributed by atoms with Gasteiger partial charge in [0.1, 0.15) is 0 Å². The smallest absolute Gasteiger partial charge is 0.304 e. The van der Waals surface area contributed by atoms with Crippen LogP contribution in [0.1, 0.15) is 19.5 Å². The summed E-state index contributed by atoms with van der Waals surface area (Å²) in [5.41, 5.74) is 0.220. The Morgan fingerprint density at radius 3 is 2.74 bits per heavy atom. The molecule has 7 heteroatoms. The van der Waals surface area contributed by atoms with Gasteiger partial charge in [-0.25, -0.2) is 0 Å². The minimum Gasteiger partial charge on any atom is -0.349 e. The number of carbonyl (C=O) groups excluding carboxylic acids is 1. The lowest BCUT2D eigenvalue weighted by Crippen LogP contribution is -2.59. The van der Waals surface area contributed by atoms with E-state index in [9.17, 15) is 9.59 Å². The number of hydrogen-bond donors (Lipinski definition) is 3. The highest BCUT2D eigenvalue weighted by Gasteiger charge is 2.34. The van der Waals surface area contributed by atoms with Crippen LogP contribution in [0.5, 0.6) is 0 Å². The van der Waals surface area contributed by atoms with Crippen LogP contribution in [0.15, 0.2) is 10.2 Å². The molecule has 106 valence electrons. The number of amides is 1. The lowest BCUT2D eigenvalue weighted by molar-refractivity contribution is -0.132. The summed E-state index contributed by atoms with van der Waals surface area (Å²) in [6.07, 6.45) is 0. The van der Waals surface area contributed by atoms with Crippen molar-refractivity contribution < 1.29 is 4.79 Å². The van der Waals surface area contributed by atoms with E-state index in [1.165, 1.54) is 0 Å². The van der Waals surface area contributed by atoms with E-state index in [1.807, 2.05) is 13.8 Å². The fourth-order valence-corrected chi connectivity index (χ4v) is 2.74. The van der Waals surface area contributed by atoms with Crippen molar-refractivity contribution in [2.75, 3.05) is 26.2 Å². The average molecular weight is 284 g/mol. The first-order valence-electron chi connectivity index (χ1n) is 6.41. The molecular weight excluding hydrogens is 264 g/mol. The molecule has 1 aromatic rings. The number of carbonyl (C=O) groups is 1. The van der Waals surface area contributed by atoms with E-state index in [2.05, 4.69) is 20.5 Å². The molecule has 2 rings (SSSR count). The molecule has 1 amide bonds. The maximum atomic E-state index is 12.3. The zero-order valence-electron chi connectivity index (χ0n) is 11.3. The van der Waals surface area contributed by atoms with E-state index in [1.54, 1.807) is 5.38 Å². The molecule has 0 atom stereocenters. The normalized spacial score (nSPS) is 17.4. The molecule has 1 aromatic heterocycles. The van der Waals surface area contributed by atoms with E-state index < -0.39 is 5.54 Å². The Labute approximate surface area is 116 Å². The van der Waals surface area contributed by atoms with Crippen molar-refractivity contribution in [2.45, 2.75) is 25.9 Å². The molecule has 1 saturated heterocycles. The SMILES string of the molecule is CC(C)(C(=O)NCc1csc(=O)[nH]1)N1CCNCC1. The molecule has 19 heavy (non-hydrogen) atoms. The van der Waals surface area contributed by atoms with Crippen molar-refractivity contribution in [1.29, 1.82) is 0 Å². The number of aromatic nitrogens is 1. The van der Waals surface area contributed by atoms with Crippen LogP contribution < -0.4 is 15.5 Å². The molecule has 0 unspecified atom stereocenters. The Hall–Kier alpha value is -1.18. The van der Waals surface area contributed by atoms with Crippen LogP contribution in [-0.4, -0.2) is 47.5 Å². The summed E-state index contributed by atoms with van der Waals surface area (Å²) in [6.45, 7) is 7.80. The second-order valence-corrected chi connectivity index (χ2v) is 5.99. The Morgan fingerprint density at radius 2 is 2.16 bits per heavy atom. The highest BCUT2D eigenvalue weighted by atomic mass is 32.1. The van der Waals surface area contributed by atoms with Gasteiger partial charge in [0.15, 0.2) is 0 Å². The zero-order valence-corrected chi connectivity index (χ0v) is 12.1. The fourth-order valence-electron chi connectivity index (χ4n) is 2.16. The third-order valence-electron chi connectivity index (χ3n) is 3.47. The maximum Gasteiger partial charge on any atom is 0.304 e. The average Bonchev–Trinajstić information content (AvgIpc) is 2.82. The van der Waals surface area contributed by atoms with Crippen molar-refractivity contribution in [3.8, 4) is 0 Å². The van der Waals surface area contributed by atoms with E-state index in [4.69, 9.17) is 0 Å². The van der Waals surface area contributed by atoms with Crippen LogP contribution in [0.3, 0.4) is 0 Å². The molecule has 0 spiro atoms.